The molecule has 1 fully saturated rings. The Bertz CT molecular complexity index is 664. The summed E-state index contributed by atoms with van der Waals surface area (Å²) in [5.74, 6) is 1.19. The second-order valence-electron chi connectivity index (χ2n) is 5.53. The number of hydrogen-bond donors (Lipinski definition) is 1. The summed E-state index contributed by atoms with van der Waals surface area (Å²) < 4.78 is 4.22. The number of benzene rings is 1. The highest BCUT2D eigenvalue weighted by Gasteiger charge is 2.24. The van der Waals surface area contributed by atoms with Crippen LogP contribution < -0.4 is 0 Å². The minimum Gasteiger partial charge on any atom is -0.388 e. The zero-order chi connectivity index (χ0) is 14.8. The van der Waals surface area contributed by atoms with Crippen molar-refractivity contribution in [3.8, 4) is 0 Å². The van der Waals surface area contributed by atoms with Gasteiger partial charge in [0.15, 0.2) is 10.6 Å². The van der Waals surface area contributed by atoms with Crippen LogP contribution in [0.3, 0.4) is 0 Å². The third kappa shape index (κ3) is 2.92. The third-order valence-corrected chi connectivity index (χ3v) is 4.63. The fourth-order valence-electron chi connectivity index (χ4n) is 2.91. The minimum atomic E-state index is -0.0836. The first-order valence-corrected chi connectivity index (χ1v) is 7.60. The summed E-state index contributed by atoms with van der Waals surface area (Å²) in [4.78, 5) is 2.36. The Balaban J connectivity index is 1.69. The van der Waals surface area contributed by atoms with Crippen molar-refractivity contribution >= 4 is 12.2 Å². The molecule has 21 heavy (non-hydrogen) atoms. The van der Waals surface area contributed by atoms with E-state index in [4.69, 9.17) is 12.2 Å². The fourth-order valence-corrected chi connectivity index (χ4v) is 3.11. The summed E-state index contributed by atoms with van der Waals surface area (Å²) in [6.07, 6.45) is 1.16. The van der Waals surface area contributed by atoms with Crippen LogP contribution in [0.25, 0.3) is 0 Å². The van der Waals surface area contributed by atoms with Gasteiger partial charge in [0.05, 0.1) is 6.67 Å². The molecule has 5 nitrogen and oxygen atoms in total. The van der Waals surface area contributed by atoms with Crippen LogP contribution in [0, 0.1) is 4.77 Å². The molecule has 1 aromatic carbocycles. The van der Waals surface area contributed by atoms with Crippen molar-refractivity contribution in [1.82, 2.24) is 19.2 Å². The van der Waals surface area contributed by atoms with Gasteiger partial charge in [-0.15, -0.1) is 0 Å². The smallest absolute Gasteiger partial charge is 0.198 e. The predicted molar refractivity (Wildman–Crippen MR) is 83.3 cm³/mol. The van der Waals surface area contributed by atoms with Crippen LogP contribution in [0.5, 0.6) is 0 Å². The van der Waals surface area contributed by atoms with E-state index >= 15 is 0 Å². The minimum absolute atomic E-state index is 0.0836. The number of aromatic nitrogens is 3. The number of likely N-dealkylation sites (tertiary alicyclic amines) is 1. The molecule has 3 rings (SSSR count). The van der Waals surface area contributed by atoms with E-state index in [-0.39, 0.29) is 6.61 Å². The zero-order valence-electron chi connectivity index (χ0n) is 12.1. The highest BCUT2D eigenvalue weighted by molar-refractivity contribution is 7.71. The molecule has 0 saturated carbocycles. The average molecular weight is 304 g/mol. The molecule has 0 aliphatic carbocycles. The topological polar surface area (TPSA) is 46.2 Å². The maximum Gasteiger partial charge on any atom is 0.198 e. The van der Waals surface area contributed by atoms with E-state index in [9.17, 15) is 5.11 Å². The first-order chi connectivity index (χ1) is 10.2. The van der Waals surface area contributed by atoms with Crippen LogP contribution in [0.4, 0.5) is 0 Å². The Hall–Kier alpha value is -1.50. The molecular weight excluding hydrogens is 284 g/mol. The molecule has 1 saturated heterocycles. The molecule has 0 radical (unpaired) electrons. The van der Waals surface area contributed by atoms with E-state index in [1.807, 2.05) is 7.05 Å². The highest BCUT2D eigenvalue weighted by Crippen LogP contribution is 2.27. The Morgan fingerprint density at radius 2 is 2.10 bits per heavy atom. The summed E-state index contributed by atoms with van der Waals surface area (Å²) in [5, 5.41) is 13.6. The maximum absolute atomic E-state index is 9.25. The number of aliphatic hydroxyl groups excluding tert-OH is 1. The SMILES string of the molecule is Cn1c(CO)nn(CN2CCC(c3ccccc3)C2)c1=S. The van der Waals surface area contributed by atoms with Gasteiger partial charge in [-0.2, -0.15) is 5.10 Å². The molecule has 0 amide bonds. The van der Waals surface area contributed by atoms with E-state index in [0.717, 1.165) is 19.5 Å². The third-order valence-electron chi connectivity index (χ3n) is 4.15. The quantitative estimate of drug-likeness (QED) is 0.876. The Labute approximate surface area is 129 Å². The molecule has 1 aliphatic rings. The van der Waals surface area contributed by atoms with Gasteiger partial charge in [0.1, 0.15) is 6.61 Å². The van der Waals surface area contributed by atoms with E-state index in [1.165, 1.54) is 5.56 Å². The van der Waals surface area contributed by atoms with E-state index < -0.39 is 0 Å². The predicted octanol–water partition coefficient (Wildman–Crippen LogP) is 1.89. The van der Waals surface area contributed by atoms with Crippen LogP contribution in [-0.4, -0.2) is 37.4 Å². The number of aliphatic hydroxyl groups is 1. The lowest BCUT2D eigenvalue weighted by Crippen LogP contribution is -2.24. The number of nitrogens with zero attached hydrogens (tertiary/aromatic N) is 4. The van der Waals surface area contributed by atoms with Gasteiger partial charge >= 0.3 is 0 Å². The Kier molecular flexibility index (Phi) is 4.19. The van der Waals surface area contributed by atoms with Gasteiger partial charge in [-0.05, 0) is 30.1 Å². The summed E-state index contributed by atoms with van der Waals surface area (Å²) in [5.41, 5.74) is 1.40. The van der Waals surface area contributed by atoms with Gasteiger partial charge in [0.25, 0.3) is 0 Å². The zero-order valence-corrected chi connectivity index (χ0v) is 13.0. The first kappa shape index (κ1) is 14.4. The lowest BCUT2D eigenvalue weighted by Gasteiger charge is -2.15. The van der Waals surface area contributed by atoms with Gasteiger partial charge < -0.3 is 9.67 Å². The van der Waals surface area contributed by atoms with Crippen molar-refractivity contribution in [2.45, 2.75) is 25.6 Å². The lowest BCUT2D eigenvalue weighted by molar-refractivity contribution is 0.243. The van der Waals surface area contributed by atoms with Crippen molar-refractivity contribution in [3.05, 3.63) is 46.5 Å². The Morgan fingerprint density at radius 1 is 1.33 bits per heavy atom. The molecule has 2 heterocycles. The van der Waals surface area contributed by atoms with Gasteiger partial charge in [-0.25, -0.2) is 4.68 Å². The van der Waals surface area contributed by atoms with Crippen LogP contribution in [0.15, 0.2) is 30.3 Å². The van der Waals surface area contributed by atoms with Crippen molar-refractivity contribution in [3.63, 3.8) is 0 Å². The summed E-state index contributed by atoms with van der Waals surface area (Å²) in [7, 11) is 1.84. The van der Waals surface area contributed by atoms with Crippen LogP contribution in [-0.2, 0) is 20.3 Å². The van der Waals surface area contributed by atoms with Gasteiger partial charge in [-0.3, -0.25) is 4.90 Å². The standard InChI is InChI=1S/C15H20N4OS/c1-17-14(10-20)16-19(15(17)21)11-18-8-7-13(9-18)12-5-3-2-4-6-12/h2-6,13,20H,7-11H2,1H3. The van der Waals surface area contributed by atoms with E-state index in [0.29, 0.717) is 23.2 Å². The normalized spacial score (nSPS) is 19.2. The van der Waals surface area contributed by atoms with Gasteiger partial charge in [-0.1, -0.05) is 30.3 Å². The molecule has 112 valence electrons. The van der Waals surface area contributed by atoms with Crippen LogP contribution in [0.1, 0.15) is 23.7 Å². The number of hydrogen-bond acceptors (Lipinski definition) is 4. The summed E-state index contributed by atoms with van der Waals surface area (Å²) in [6, 6.07) is 10.6. The molecule has 2 aromatic rings. The lowest BCUT2D eigenvalue weighted by atomic mass is 9.99. The molecule has 1 N–H and O–H groups in total. The number of rotatable bonds is 4. The van der Waals surface area contributed by atoms with E-state index in [2.05, 4.69) is 40.3 Å². The second kappa shape index (κ2) is 6.09. The maximum atomic E-state index is 9.25. The molecular formula is C15H20N4OS. The summed E-state index contributed by atoms with van der Waals surface area (Å²) >= 11 is 5.36. The van der Waals surface area contributed by atoms with Crippen LogP contribution in [0.2, 0.25) is 0 Å². The average Bonchev–Trinajstić information content (AvgIpc) is 3.09. The molecule has 0 bridgehead atoms. The van der Waals surface area contributed by atoms with Crippen molar-refractivity contribution in [1.29, 1.82) is 0 Å². The fraction of sp³-hybridized carbons (Fsp3) is 0.467. The largest absolute Gasteiger partial charge is 0.388 e. The highest BCUT2D eigenvalue weighted by atomic mass is 32.1. The first-order valence-electron chi connectivity index (χ1n) is 7.20. The monoisotopic (exact) mass is 304 g/mol. The molecule has 1 aromatic heterocycles. The van der Waals surface area contributed by atoms with E-state index in [1.54, 1.807) is 9.25 Å². The van der Waals surface area contributed by atoms with Crippen molar-refractivity contribution in [2.24, 2.45) is 7.05 Å². The molecule has 0 spiro atoms. The van der Waals surface area contributed by atoms with Crippen LogP contribution >= 0.6 is 12.2 Å². The second-order valence-corrected chi connectivity index (χ2v) is 5.90. The van der Waals surface area contributed by atoms with Crippen molar-refractivity contribution < 1.29 is 5.11 Å². The molecule has 1 unspecified atom stereocenters. The molecule has 6 heteroatoms. The van der Waals surface area contributed by atoms with Gasteiger partial charge in [0.2, 0.25) is 0 Å². The van der Waals surface area contributed by atoms with Gasteiger partial charge in [0, 0.05) is 20.1 Å². The molecule has 1 aliphatic heterocycles. The van der Waals surface area contributed by atoms with Crippen molar-refractivity contribution in [2.75, 3.05) is 13.1 Å². The Morgan fingerprint density at radius 3 is 2.76 bits per heavy atom. The summed E-state index contributed by atoms with van der Waals surface area (Å²) in [6.45, 7) is 2.68. The molecule has 1 atom stereocenters.